The Kier molecular flexibility index (Phi) is 5.17. The van der Waals surface area contributed by atoms with E-state index in [1.165, 1.54) is 12.1 Å². The molecule has 134 valence electrons. The van der Waals surface area contributed by atoms with Crippen molar-refractivity contribution in [3.05, 3.63) is 53.6 Å². The van der Waals surface area contributed by atoms with E-state index in [1.807, 2.05) is 6.07 Å². The molecule has 0 unspecified atom stereocenters. The van der Waals surface area contributed by atoms with Gasteiger partial charge in [0.1, 0.15) is 11.9 Å². The van der Waals surface area contributed by atoms with E-state index < -0.39 is 11.9 Å². The summed E-state index contributed by atoms with van der Waals surface area (Å²) >= 11 is 0. The van der Waals surface area contributed by atoms with Crippen molar-refractivity contribution in [1.29, 1.82) is 0 Å². The van der Waals surface area contributed by atoms with E-state index in [2.05, 4.69) is 14.9 Å². The van der Waals surface area contributed by atoms with Crippen LogP contribution in [0.4, 0.5) is 17.6 Å². The molecule has 2 aromatic rings. The summed E-state index contributed by atoms with van der Waals surface area (Å²) < 4.78 is 56.7. The summed E-state index contributed by atoms with van der Waals surface area (Å²) in [4.78, 5) is 9.33. The molecule has 1 saturated heterocycles. The molecule has 0 spiro atoms. The molecule has 3 rings (SSSR count). The van der Waals surface area contributed by atoms with Crippen molar-refractivity contribution in [2.24, 2.45) is 0 Å². The Morgan fingerprint density at radius 3 is 2.60 bits per heavy atom. The minimum Gasteiger partial charge on any atom is -0.460 e. The number of alkyl halides is 3. The van der Waals surface area contributed by atoms with Gasteiger partial charge in [0, 0.05) is 25.8 Å². The highest BCUT2D eigenvalue weighted by Crippen LogP contribution is 2.28. The van der Waals surface area contributed by atoms with E-state index in [0.29, 0.717) is 32.5 Å². The average Bonchev–Trinajstić information content (AvgIpc) is 2.56. The van der Waals surface area contributed by atoms with Gasteiger partial charge in [-0.1, -0.05) is 12.1 Å². The van der Waals surface area contributed by atoms with Crippen LogP contribution >= 0.6 is 0 Å². The number of benzene rings is 1. The molecule has 0 atom stereocenters. The van der Waals surface area contributed by atoms with Gasteiger partial charge in [-0.25, -0.2) is 9.37 Å². The first-order valence-electron chi connectivity index (χ1n) is 7.94. The Hall–Kier alpha value is -2.22. The molecule has 1 aromatic heterocycles. The zero-order valence-corrected chi connectivity index (χ0v) is 13.3. The standard InChI is InChI=1S/C17H17F4N3O/c18-13-3-1-2-12(10-13)11-24-8-5-14(6-9-24)25-16-22-7-4-15(23-16)17(19,20)21/h1-4,7,10,14H,5-6,8-9,11H2. The molecule has 1 aliphatic rings. The van der Waals surface area contributed by atoms with Gasteiger partial charge in [0.15, 0.2) is 5.69 Å². The molecule has 0 bridgehead atoms. The first-order chi connectivity index (χ1) is 11.9. The number of rotatable bonds is 4. The van der Waals surface area contributed by atoms with Gasteiger partial charge >= 0.3 is 12.2 Å². The van der Waals surface area contributed by atoms with Crippen molar-refractivity contribution in [3.63, 3.8) is 0 Å². The van der Waals surface area contributed by atoms with Gasteiger partial charge in [-0.2, -0.15) is 18.2 Å². The van der Waals surface area contributed by atoms with Crippen LogP contribution in [0.1, 0.15) is 24.1 Å². The van der Waals surface area contributed by atoms with Crippen molar-refractivity contribution >= 4 is 0 Å². The third-order valence-electron chi connectivity index (χ3n) is 4.03. The fourth-order valence-electron chi connectivity index (χ4n) is 2.78. The largest absolute Gasteiger partial charge is 0.460 e. The predicted octanol–water partition coefficient (Wildman–Crippen LogP) is 3.68. The van der Waals surface area contributed by atoms with Crippen molar-refractivity contribution in [1.82, 2.24) is 14.9 Å². The summed E-state index contributed by atoms with van der Waals surface area (Å²) in [5.41, 5.74) is -0.123. The highest BCUT2D eigenvalue weighted by atomic mass is 19.4. The van der Waals surface area contributed by atoms with Gasteiger partial charge in [-0.15, -0.1) is 0 Å². The number of aromatic nitrogens is 2. The van der Waals surface area contributed by atoms with E-state index in [0.717, 1.165) is 17.8 Å². The summed E-state index contributed by atoms with van der Waals surface area (Å²) in [6.07, 6.45) is -2.41. The number of hydrogen-bond acceptors (Lipinski definition) is 4. The number of piperidine rings is 1. The van der Waals surface area contributed by atoms with E-state index >= 15 is 0 Å². The molecular formula is C17H17F4N3O. The molecule has 1 aromatic carbocycles. The molecule has 4 nitrogen and oxygen atoms in total. The first-order valence-corrected chi connectivity index (χ1v) is 7.94. The minimum atomic E-state index is -4.52. The molecule has 8 heteroatoms. The van der Waals surface area contributed by atoms with Crippen LogP contribution in [-0.4, -0.2) is 34.1 Å². The Morgan fingerprint density at radius 2 is 1.92 bits per heavy atom. The molecular weight excluding hydrogens is 338 g/mol. The maximum Gasteiger partial charge on any atom is 0.433 e. The van der Waals surface area contributed by atoms with Gasteiger partial charge in [-0.3, -0.25) is 4.90 Å². The number of halogens is 4. The smallest absolute Gasteiger partial charge is 0.433 e. The lowest BCUT2D eigenvalue weighted by atomic mass is 10.1. The van der Waals surface area contributed by atoms with Gasteiger partial charge < -0.3 is 4.74 Å². The normalized spacial score (nSPS) is 16.8. The Morgan fingerprint density at radius 1 is 1.16 bits per heavy atom. The van der Waals surface area contributed by atoms with Crippen LogP contribution in [0.15, 0.2) is 36.5 Å². The minimum absolute atomic E-state index is 0.229. The van der Waals surface area contributed by atoms with Crippen molar-refractivity contribution in [3.8, 4) is 6.01 Å². The Balaban J connectivity index is 1.53. The SMILES string of the molecule is Fc1cccc(CN2CCC(Oc3nccc(C(F)(F)F)n3)CC2)c1. The topological polar surface area (TPSA) is 38.2 Å². The van der Waals surface area contributed by atoms with Crippen LogP contribution in [0, 0.1) is 5.82 Å². The molecule has 0 saturated carbocycles. The van der Waals surface area contributed by atoms with Crippen LogP contribution in [0.2, 0.25) is 0 Å². The number of ether oxygens (including phenoxy) is 1. The summed E-state index contributed by atoms with van der Waals surface area (Å²) in [6, 6.07) is 7.00. The van der Waals surface area contributed by atoms with Crippen LogP contribution in [-0.2, 0) is 12.7 Å². The van der Waals surface area contributed by atoms with Crippen molar-refractivity contribution < 1.29 is 22.3 Å². The fraction of sp³-hybridized carbons (Fsp3) is 0.412. The Bertz CT molecular complexity index is 715. The highest BCUT2D eigenvalue weighted by Gasteiger charge is 2.33. The quantitative estimate of drug-likeness (QED) is 0.785. The molecule has 0 amide bonds. The van der Waals surface area contributed by atoms with Crippen molar-refractivity contribution in [2.75, 3.05) is 13.1 Å². The van der Waals surface area contributed by atoms with Crippen molar-refractivity contribution in [2.45, 2.75) is 31.7 Å². The maximum atomic E-state index is 13.2. The lowest BCUT2D eigenvalue weighted by molar-refractivity contribution is -0.141. The molecule has 0 aliphatic carbocycles. The summed E-state index contributed by atoms with van der Waals surface area (Å²) in [5.74, 6) is -0.266. The summed E-state index contributed by atoms with van der Waals surface area (Å²) in [5, 5.41) is 0. The van der Waals surface area contributed by atoms with Crippen LogP contribution in [0.3, 0.4) is 0 Å². The van der Waals surface area contributed by atoms with Crippen LogP contribution in [0.25, 0.3) is 0 Å². The van der Waals surface area contributed by atoms with Crippen LogP contribution < -0.4 is 4.74 Å². The zero-order chi connectivity index (χ0) is 17.9. The summed E-state index contributed by atoms with van der Waals surface area (Å²) in [6.45, 7) is 2.05. The second kappa shape index (κ2) is 7.35. The monoisotopic (exact) mass is 355 g/mol. The first kappa shape index (κ1) is 17.6. The third kappa shape index (κ3) is 4.88. The number of likely N-dealkylation sites (tertiary alicyclic amines) is 1. The molecule has 0 N–H and O–H groups in total. The zero-order valence-electron chi connectivity index (χ0n) is 13.3. The predicted molar refractivity (Wildman–Crippen MR) is 82.4 cm³/mol. The fourth-order valence-corrected chi connectivity index (χ4v) is 2.78. The number of hydrogen-bond donors (Lipinski definition) is 0. The molecule has 2 heterocycles. The lowest BCUT2D eigenvalue weighted by Gasteiger charge is -2.31. The second-order valence-electron chi connectivity index (χ2n) is 5.95. The van der Waals surface area contributed by atoms with E-state index in [1.54, 1.807) is 6.07 Å². The Labute approximate surface area is 142 Å². The summed E-state index contributed by atoms with van der Waals surface area (Å²) in [7, 11) is 0. The highest BCUT2D eigenvalue weighted by molar-refractivity contribution is 5.16. The second-order valence-corrected chi connectivity index (χ2v) is 5.95. The lowest BCUT2D eigenvalue weighted by Crippen LogP contribution is -2.38. The van der Waals surface area contributed by atoms with Crippen LogP contribution in [0.5, 0.6) is 6.01 Å². The van der Waals surface area contributed by atoms with Gasteiger partial charge in [0.05, 0.1) is 0 Å². The van der Waals surface area contributed by atoms with Gasteiger partial charge in [0.2, 0.25) is 0 Å². The maximum absolute atomic E-state index is 13.2. The van der Waals surface area contributed by atoms with Gasteiger partial charge in [-0.05, 0) is 36.6 Å². The van der Waals surface area contributed by atoms with E-state index in [9.17, 15) is 17.6 Å². The van der Waals surface area contributed by atoms with Gasteiger partial charge in [0.25, 0.3) is 0 Å². The molecule has 0 radical (unpaired) electrons. The number of nitrogens with zero attached hydrogens (tertiary/aromatic N) is 3. The molecule has 25 heavy (non-hydrogen) atoms. The van der Waals surface area contributed by atoms with E-state index in [-0.39, 0.29) is 17.9 Å². The average molecular weight is 355 g/mol. The van der Waals surface area contributed by atoms with E-state index in [4.69, 9.17) is 4.74 Å². The molecule has 1 fully saturated rings. The molecule has 1 aliphatic heterocycles. The third-order valence-corrected chi connectivity index (χ3v) is 4.03.